The van der Waals surface area contributed by atoms with Crippen LogP contribution in [0, 0.1) is 12.7 Å². The third-order valence-corrected chi connectivity index (χ3v) is 5.74. The fourth-order valence-corrected chi connectivity index (χ4v) is 4.32. The topological polar surface area (TPSA) is 38.1 Å². The van der Waals surface area contributed by atoms with E-state index in [-0.39, 0.29) is 17.6 Å². The Morgan fingerprint density at radius 2 is 1.83 bits per heavy atom. The first-order chi connectivity index (χ1) is 14.6. The van der Waals surface area contributed by atoms with Crippen LogP contribution in [0.4, 0.5) is 10.1 Å². The van der Waals surface area contributed by atoms with Crippen molar-refractivity contribution in [2.24, 2.45) is 0 Å². The molecule has 1 saturated heterocycles. The standard InChI is InChI=1S/C25H22FN3O/c1-17-5-4-6-18(13-17)15-29-23-8-3-2-7-22(23)27-25(29)19-14-24(30)28(16-19)21-11-9-20(26)10-12-21/h2-13,19H,14-16H2,1H3/t19-/m0/s1. The van der Waals surface area contributed by atoms with E-state index in [1.807, 2.05) is 18.2 Å². The lowest BCUT2D eigenvalue weighted by Gasteiger charge is -2.17. The van der Waals surface area contributed by atoms with E-state index < -0.39 is 0 Å². The van der Waals surface area contributed by atoms with Gasteiger partial charge in [0.15, 0.2) is 0 Å². The minimum Gasteiger partial charge on any atom is -0.323 e. The Hall–Kier alpha value is -3.47. The highest BCUT2D eigenvalue weighted by Gasteiger charge is 2.34. The number of hydrogen-bond acceptors (Lipinski definition) is 2. The predicted octanol–water partition coefficient (Wildman–Crippen LogP) is 5.05. The third-order valence-electron chi connectivity index (χ3n) is 5.74. The highest BCUT2D eigenvalue weighted by molar-refractivity contribution is 5.96. The van der Waals surface area contributed by atoms with E-state index in [2.05, 4.69) is 41.8 Å². The van der Waals surface area contributed by atoms with Crippen molar-refractivity contribution in [3.05, 3.63) is 95.6 Å². The minimum absolute atomic E-state index is 0.0141. The molecule has 0 unspecified atom stereocenters. The van der Waals surface area contributed by atoms with Gasteiger partial charge in [-0.15, -0.1) is 0 Å². The van der Waals surface area contributed by atoms with Crippen molar-refractivity contribution >= 4 is 22.6 Å². The maximum atomic E-state index is 13.3. The monoisotopic (exact) mass is 399 g/mol. The van der Waals surface area contributed by atoms with Gasteiger partial charge in [-0.25, -0.2) is 9.37 Å². The van der Waals surface area contributed by atoms with E-state index in [0.717, 1.165) is 22.5 Å². The Balaban J connectivity index is 1.52. The maximum Gasteiger partial charge on any atom is 0.227 e. The molecule has 0 saturated carbocycles. The molecular formula is C25H22FN3O. The summed E-state index contributed by atoms with van der Waals surface area (Å²) in [5, 5.41) is 0. The van der Waals surface area contributed by atoms with E-state index in [0.29, 0.717) is 19.5 Å². The number of fused-ring (bicyclic) bond motifs is 1. The van der Waals surface area contributed by atoms with Gasteiger partial charge in [0.1, 0.15) is 11.6 Å². The summed E-state index contributed by atoms with van der Waals surface area (Å²) in [6.07, 6.45) is 0.397. The number of halogens is 1. The van der Waals surface area contributed by atoms with Crippen molar-refractivity contribution < 1.29 is 9.18 Å². The Morgan fingerprint density at radius 3 is 2.63 bits per heavy atom. The van der Waals surface area contributed by atoms with Gasteiger partial charge in [-0.1, -0.05) is 42.0 Å². The Labute approximate surface area is 174 Å². The number of benzene rings is 3. The molecular weight excluding hydrogens is 377 g/mol. The van der Waals surface area contributed by atoms with Crippen LogP contribution in [-0.4, -0.2) is 22.0 Å². The van der Waals surface area contributed by atoms with Crippen molar-refractivity contribution in [1.82, 2.24) is 9.55 Å². The number of nitrogens with zero attached hydrogens (tertiary/aromatic N) is 3. The maximum absolute atomic E-state index is 13.3. The summed E-state index contributed by atoms with van der Waals surface area (Å²) < 4.78 is 15.5. The molecule has 2 heterocycles. The Kier molecular flexibility index (Phi) is 4.58. The van der Waals surface area contributed by atoms with Crippen LogP contribution in [0.3, 0.4) is 0 Å². The summed E-state index contributed by atoms with van der Waals surface area (Å²) in [4.78, 5) is 19.4. The molecule has 1 aromatic heterocycles. The van der Waals surface area contributed by atoms with E-state index in [4.69, 9.17) is 4.98 Å². The van der Waals surface area contributed by atoms with E-state index in [9.17, 15) is 9.18 Å². The number of carbonyl (C=O) groups excluding carboxylic acids is 1. The van der Waals surface area contributed by atoms with Crippen LogP contribution in [0.15, 0.2) is 72.8 Å². The fourth-order valence-electron chi connectivity index (χ4n) is 4.32. The quantitative estimate of drug-likeness (QED) is 0.481. The van der Waals surface area contributed by atoms with Crippen molar-refractivity contribution in [2.45, 2.75) is 25.8 Å². The smallest absolute Gasteiger partial charge is 0.227 e. The number of para-hydroxylation sites is 2. The lowest BCUT2D eigenvalue weighted by atomic mass is 10.1. The number of anilines is 1. The van der Waals surface area contributed by atoms with Crippen molar-refractivity contribution in [2.75, 3.05) is 11.4 Å². The molecule has 1 aliphatic heterocycles. The first-order valence-corrected chi connectivity index (χ1v) is 10.1. The van der Waals surface area contributed by atoms with E-state index in [1.54, 1.807) is 17.0 Å². The van der Waals surface area contributed by atoms with Gasteiger partial charge in [0.25, 0.3) is 0 Å². The average Bonchev–Trinajstić information content (AvgIpc) is 3.30. The van der Waals surface area contributed by atoms with Crippen LogP contribution < -0.4 is 4.90 Å². The molecule has 3 aromatic carbocycles. The lowest BCUT2D eigenvalue weighted by Crippen LogP contribution is -2.24. The zero-order valence-electron chi connectivity index (χ0n) is 16.8. The highest BCUT2D eigenvalue weighted by atomic mass is 19.1. The minimum atomic E-state index is -0.304. The van der Waals surface area contributed by atoms with Crippen LogP contribution >= 0.6 is 0 Å². The summed E-state index contributed by atoms with van der Waals surface area (Å²) in [7, 11) is 0. The molecule has 1 fully saturated rings. The van der Waals surface area contributed by atoms with Gasteiger partial charge in [0, 0.05) is 31.1 Å². The van der Waals surface area contributed by atoms with Crippen molar-refractivity contribution in [1.29, 1.82) is 0 Å². The van der Waals surface area contributed by atoms with Gasteiger partial charge in [-0.2, -0.15) is 0 Å². The normalized spacial score (nSPS) is 16.5. The lowest BCUT2D eigenvalue weighted by molar-refractivity contribution is -0.117. The zero-order chi connectivity index (χ0) is 20.7. The first kappa shape index (κ1) is 18.6. The van der Waals surface area contributed by atoms with Gasteiger partial charge in [-0.05, 0) is 48.9 Å². The molecule has 4 nitrogen and oxygen atoms in total. The molecule has 0 N–H and O–H groups in total. The van der Waals surface area contributed by atoms with Crippen LogP contribution in [0.1, 0.15) is 29.3 Å². The van der Waals surface area contributed by atoms with Gasteiger partial charge in [0.2, 0.25) is 5.91 Å². The van der Waals surface area contributed by atoms with Crippen LogP contribution in [-0.2, 0) is 11.3 Å². The van der Waals surface area contributed by atoms with Crippen molar-refractivity contribution in [3.63, 3.8) is 0 Å². The zero-order valence-corrected chi connectivity index (χ0v) is 16.8. The molecule has 5 rings (SSSR count). The van der Waals surface area contributed by atoms with Crippen LogP contribution in [0.25, 0.3) is 11.0 Å². The molecule has 4 aromatic rings. The average molecular weight is 399 g/mol. The SMILES string of the molecule is Cc1cccc(Cn2c([C@H]3CC(=O)N(c4ccc(F)cc4)C3)nc3ccccc32)c1. The number of hydrogen-bond donors (Lipinski definition) is 0. The van der Waals surface area contributed by atoms with Gasteiger partial charge < -0.3 is 9.47 Å². The second-order valence-corrected chi connectivity index (χ2v) is 7.92. The summed E-state index contributed by atoms with van der Waals surface area (Å²) in [6.45, 7) is 3.34. The summed E-state index contributed by atoms with van der Waals surface area (Å²) in [5.41, 5.74) is 5.16. The van der Waals surface area contributed by atoms with Crippen LogP contribution in [0.2, 0.25) is 0 Å². The van der Waals surface area contributed by atoms with Gasteiger partial charge in [0.05, 0.1) is 11.0 Å². The molecule has 1 amide bonds. The molecule has 150 valence electrons. The third kappa shape index (κ3) is 3.36. The largest absolute Gasteiger partial charge is 0.323 e. The number of rotatable bonds is 4. The second-order valence-electron chi connectivity index (χ2n) is 7.92. The molecule has 0 aliphatic carbocycles. The first-order valence-electron chi connectivity index (χ1n) is 10.1. The second kappa shape index (κ2) is 7.41. The Bertz CT molecular complexity index is 1230. The molecule has 0 radical (unpaired) electrons. The molecule has 1 aliphatic rings. The number of aromatic nitrogens is 2. The molecule has 0 spiro atoms. The number of carbonyl (C=O) groups is 1. The molecule has 0 bridgehead atoms. The molecule has 1 atom stereocenters. The number of aryl methyl sites for hydroxylation is 1. The molecule has 30 heavy (non-hydrogen) atoms. The van der Waals surface area contributed by atoms with E-state index in [1.165, 1.54) is 23.3 Å². The Morgan fingerprint density at radius 1 is 1.03 bits per heavy atom. The van der Waals surface area contributed by atoms with Gasteiger partial charge >= 0.3 is 0 Å². The summed E-state index contributed by atoms with van der Waals surface area (Å²) >= 11 is 0. The fraction of sp³-hybridized carbons (Fsp3) is 0.200. The molecule has 5 heteroatoms. The van der Waals surface area contributed by atoms with Crippen LogP contribution in [0.5, 0.6) is 0 Å². The predicted molar refractivity (Wildman–Crippen MR) is 116 cm³/mol. The van der Waals surface area contributed by atoms with Crippen molar-refractivity contribution in [3.8, 4) is 0 Å². The van der Waals surface area contributed by atoms with Gasteiger partial charge in [-0.3, -0.25) is 4.79 Å². The number of amides is 1. The highest BCUT2D eigenvalue weighted by Crippen LogP contribution is 2.33. The summed E-state index contributed by atoms with van der Waals surface area (Å²) in [6, 6.07) is 22.7. The number of imidazole rings is 1. The summed E-state index contributed by atoms with van der Waals surface area (Å²) in [5.74, 6) is 0.651. The van der Waals surface area contributed by atoms with E-state index >= 15 is 0 Å².